The van der Waals surface area contributed by atoms with E-state index in [1.165, 1.54) is 55.1 Å². The fourth-order valence-electron chi connectivity index (χ4n) is 5.47. The molecule has 27 heavy (non-hydrogen) atoms. The number of rotatable bonds is 0. The lowest BCUT2D eigenvalue weighted by molar-refractivity contribution is 1.01. The zero-order chi connectivity index (χ0) is 17.5. The molecule has 7 rings (SSSR count). The molecule has 2 aliphatic carbocycles. The molecular formula is C27H18. The van der Waals surface area contributed by atoms with Gasteiger partial charge in [0, 0.05) is 0 Å². The predicted octanol–water partition coefficient (Wildman–Crippen LogP) is 7.43. The van der Waals surface area contributed by atoms with Gasteiger partial charge in [0.05, 0.1) is 0 Å². The summed E-state index contributed by atoms with van der Waals surface area (Å²) in [5.41, 5.74) is 3.05. The van der Waals surface area contributed by atoms with Crippen LogP contribution in [0.4, 0.5) is 0 Å². The van der Waals surface area contributed by atoms with E-state index < -0.39 is 0 Å². The van der Waals surface area contributed by atoms with Gasteiger partial charge >= 0.3 is 0 Å². The smallest absolute Gasteiger partial charge is 0.00141 e. The second-order valence-corrected chi connectivity index (χ2v) is 8.08. The summed E-state index contributed by atoms with van der Waals surface area (Å²) in [6.07, 6.45) is 6.18. The van der Waals surface area contributed by atoms with Crippen LogP contribution >= 0.6 is 0 Å². The molecule has 0 aromatic heterocycles. The predicted molar refractivity (Wildman–Crippen MR) is 116 cm³/mol. The van der Waals surface area contributed by atoms with Gasteiger partial charge in [-0.05, 0) is 72.5 Å². The van der Waals surface area contributed by atoms with Crippen molar-refractivity contribution in [1.82, 2.24) is 0 Å². The van der Waals surface area contributed by atoms with Crippen molar-refractivity contribution in [2.24, 2.45) is 5.92 Å². The van der Waals surface area contributed by atoms with Crippen LogP contribution in [0.2, 0.25) is 0 Å². The summed E-state index contributed by atoms with van der Waals surface area (Å²) in [6.45, 7) is 0. The Bertz CT molecular complexity index is 1450. The standard InChI is InChI=1S/C27H18/c1-3-9-19-17(7-1)18-8-2-4-10-20(18)27-23-14-13-16-15-24(16)25(23)21-11-5-6-12-22(21)26(19)27/h1-14,16,24H,15H2. The minimum absolute atomic E-state index is 0.713. The van der Waals surface area contributed by atoms with Crippen molar-refractivity contribution in [1.29, 1.82) is 0 Å². The average molecular weight is 342 g/mol. The Morgan fingerprint density at radius 2 is 1.07 bits per heavy atom. The molecule has 0 amide bonds. The highest BCUT2D eigenvalue weighted by Gasteiger charge is 2.41. The third-order valence-corrected chi connectivity index (χ3v) is 6.70. The lowest BCUT2D eigenvalue weighted by Gasteiger charge is -2.21. The maximum Gasteiger partial charge on any atom is -0.00141 e. The molecule has 2 unspecified atom stereocenters. The molecule has 0 nitrogen and oxygen atoms in total. The van der Waals surface area contributed by atoms with Gasteiger partial charge in [0.25, 0.3) is 0 Å². The van der Waals surface area contributed by atoms with Gasteiger partial charge in [-0.15, -0.1) is 0 Å². The molecule has 5 aromatic carbocycles. The minimum atomic E-state index is 0.713. The molecule has 0 bridgehead atoms. The fraction of sp³-hybridized carbons (Fsp3) is 0.111. The molecule has 0 saturated heterocycles. The normalized spacial score (nSPS) is 20.3. The molecule has 0 spiro atoms. The lowest BCUT2D eigenvalue weighted by atomic mass is 9.82. The first kappa shape index (κ1) is 14.0. The zero-order valence-electron chi connectivity index (χ0n) is 14.9. The summed E-state index contributed by atoms with van der Waals surface area (Å²) in [5.74, 6) is 1.47. The second-order valence-electron chi connectivity index (χ2n) is 8.08. The van der Waals surface area contributed by atoms with Crippen LogP contribution in [0.25, 0.3) is 49.2 Å². The van der Waals surface area contributed by atoms with E-state index in [4.69, 9.17) is 0 Å². The van der Waals surface area contributed by atoms with E-state index in [1.807, 2.05) is 0 Å². The Kier molecular flexibility index (Phi) is 2.48. The van der Waals surface area contributed by atoms with Crippen LogP contribution in [0.3, 0.4) is 0 Å². The second kappa shape index (κ2) is 4.78. The first-order chi connectivity index (χ1) is 13.4. The van der Waals surface area contributed by atoms with Crippen LogP contribution in [-0.2, 0) is 0 Å². The van der Waals surface area contributed by atoms with Crippen molar-refractivity contribution in [3.05, 3.63) is 90.0 Å². The summed E-state index contributed by atoms with van der Waals surface area (Å²) >= 11 is 0. The lowest BCUT2D eigenvalue weighted by Crippen LogP contribution is -1.98. The van der Waals surface area contributed by atoms with Crippen LogP contribution in [-0.4, -0.2) is 0 Å². The molecule has 0 aliphatic heterocycles. The highest BCUT2D eigenvalue weighted by molar-refractivity contribution is 6.33. The first-order valence-corrected chi connectivity index (χ1v) is 9.88. The van der Waals surface area contributed by atoms with E-state index >= 15 is 0 Å². The van der Waals surface area contributed by atoms with E-state index in [0.717, 1.165) is 5.92 Å². The summed E-state index contributed by atoms with van der Waals surface area (Å²) in [5, 5.41) is 11.2. The van der Waals surface area contributed by atoms with Crippen LogP contribution in [0.1, 0.15) is 23.5 Å². The van der Waals surface area contributed by atoms with Gasteiger partial charge in [-0.25, -0.2) is 0 Å². The molecule has 5 aromatic rings. The van der Waals surface area contributed by atoms with Crippen LogP contribution in [0, 0.1) is 5.92 Å². The Hall–Kier alpha value is -3.12. The molecule has 1 fully saturated rings. The third kappa shape index (κ3) is 1.69. The molecular weight excluding hydrogens is 324 g/mol. The number of hydrogen-bond acceptors (Lipinski definition) is 0. The third-order valence-electron chi connectivity index (χ3n) is 6.70. The number of benzene rings is 5. The van der Waals surface area contributed by atoms with Gasteiger partial charge in [-0.1, -0.05) is 84.9 Å². The van der Waals surface area contributed by atoms with Gasteiger partial charge in [0.1, 0.15) is 0 Å². The summed E-state index contributed by atoms with van der Waals surface area (Å²) in [7, 11) is 0. The number of fused-ring (bicyclic) bond motifs is 13. The number of allylic oxidation sites excluding steroid dienone is 1. The van der Waals surface area contributed by atoms with Gasteiger partial charge in [0.2, 0.25) is 0 Å². The molecule has 1 saturated carbocycles. The van der Waals surface area contributed by atoms with E-state index in [2.05, 4.69) is 84.9 Å². The topological polar surface area (TPSA) is 0 Å². The van der Waals surface area contributed by atoms with Crippen LogP contribution in [0.15, 0.2) is 78.9 Å². The zero-order valence-corrected chi connectivity index (χ0v) is 14.9. The Morgan fingerprint density at radius 1 is 0.556 bits per heavy atom. The van der Waals surface area contributed by atoms with Crippen LogP contribution in [0.5, 0.6) is 0 Å². The van der Waals surface area contributed by atoms with E-state index in [9.17, 15) is 0 Å². The van der Waals surface area contributed by atoms with E-state index in [0.29, 0.717) is 5.92 Å². The van der Waals surface area contributed by atoms with Crippen molar-refractivity contribution >= 4 is 49.2 Å². The average Bonchev–Trinajstić information content (AvgIpc) is 3.53. The quantitative estimate of drug-likeness (QED) is 0.257. The highest BCUT2D eigenvalue weighted by atomic mass is 14.4. The Morgan fingerprint density at radius 3 is 1.74 bits per heavy atom. The molecule has 126 valence electrons. The maximum atomic E-state index is 2.45. The van der Waals surface area contributed by atoms with Gasteiger partial charge in [-0.2, -0.15) is 0 Å². The van der Waals surface area contributed by atoms with Crippen molar-refractivity contribution < 1.29 is 0 Å². The largest absolute Gasteiger partial charge is 0.0802 e. The van der Waals surface area contributed by atoms with Crippen molar-refractivity contribution in [2.45, 2.75) is 12.3 Å². The summed E-state index contributed by atoms with van der Waals surface area (Å²) < 4.78 is 0. The summed E-state index contributed by atoms with van der Waals surface area (Å²) in [4.78, 5) is 0. The highest BCUT2D eigenvalue weighted by Crippen LogP contribution is 2.57. The van der Waals surface area contributed by atoms with Crippen LogP contribution < -0.4 is 0 Å². The molecule has 2 aliphatic rings. The molecule has 2 atom stereocenters. The monoisotopic (exact) mass is 342 g/mol. The minimum Gasteiger partial charge on any atom is -0.0802 e. The first-order valence-electron chi connectivity index (χ1n) is 9.88. The van der Waals surface area contributed by atoms with Gasteiger partial charge < -0.3 is 0 Å². The van der Waals surface area contributed by atoms with Gasteiger partial charge in [0.15, 0.2) is 0 Å². The summed E-state index contributed by atoms with van der Waals surface area (Å²) in [6, 6.07) is 26.9. The van der Waals surface area contributed by atoms with E-state index in [-0.39, 0.29) is 0 Å². The number of hydrogen-bond donors (Lipinski definition) is 0. The van der Waals surface area contributed by atoms with Gasteiger partial charge in [-0.3, -0.25) is 0 Å². The Balaban J connectivity index is 1.91. The van der Waals surface area contributed by atoms with E-state index in [1.54, 1.807) is 5.56 Å². The van der Waals surface area contributed by atoms with Crippen molar-refractivity contribution in [2.75, 3.05) is 0 Å². The fourth-order valence-corrected chi connectivity index (χ4v) is 5.47. The molecule has 0 heterocycles. The van der Waals surface area contributed by atoms with Crippen molar-refractivity contribution in [3.8, 4) is 0 Å². The molecule has 0 N–H and O–H groups in total. The maximum absolute atomic E-state index is 2.45. The molecule has 0 heteroatoms. The SMILES string of the molecule is C1=CC2CC2c2c1c1c3ccccc3c3ccccc3c1c1ccccc21. The molecule has 0 radical (unpaired) electrons. The van der Waals surface area contributed by atoms with Crippen molar-refractivity contribution in [3.63, 3.8) is 0 Å². The Labute approximate surface area is 157 Å².